The summed E-state index contributed by atoms with van der Waals surface area (Å²) in [5.74, 6) is 0.506. The number of carbonyl (C=O) groups excluding carboxylic acids is 1. The highest BCUT2D eigenvalue weighted by molar-refractivity contribution is 5.79. The van der Waals surface area contributed by atoms with Gasteiger partial charge in [0.15, 0.2) is 0 Å². The number of rotatable bonds is 1. The highest BCUT2D eigenvalue weighted by Crippen LogP contribution is 2.21. The van der Waals surface area contributed by atoms with Gasteiger partial charge in [-0.1, -0.05) is 0 Å². The average molecular weight is 226 g/mol. The Labute approximate surface area is 97.0 Å². The van der Waals surface area contributed by atoms with Gasteiger partial charge in [0.1, 0.15) is 0 Å². The number of hydrogen-bond acceptors (Lipinski definition) is 3. The molecule has 2 aliphatic rings. The van der Waals surface area contributed by atoms with Crippen molar-refractivity contribution in [2.45, 2.75) is 44.8 Å². The molecule has 0 saturated carbocycles. The molecule has 2 fully saturated rings. The maximum atomic E-state index is 12.2. The summed E-state index contributed by atoms with van der Waals surface area (Å²) in [7, 11) is 0. The summed E-state index contributed by atoms with van der Waals surface area (Å²) in [5.41, 5.74) is 0. The molecule has 16 heavy (non-hydrogen) atoms. The summed E-state index contributed by atoms with van der Waals surface area (Å²) in [6, 6.07) is 0.457. The van der Waals surface area contributed by atoms with Gasteiger partial charge in [-0.3, -0.25) is 4.79 Å². The van der Waals surface area contributed by atoms with Crippen LogP contribution in [-0.2, 0) is 4.79 Å². The summed E-state index contributed by atoms with van der Waals surface area (Å²) in [5, 5.41) is 12.8. The Morgan fingerprint density at radius 2 is 2.00 bits per heavy atom. The molecule has 4 heteroatoms. The lowest BCUT2D eigenvalue weighted by Gasteiger charge is -2.35. The van der Waals surface area contributed by atoms with Gasteiger partial charge in [0.2, 0.25) is 5.91 Å². The summed E-state index contributed by atoms with van der Waals surface area (Å²) < 4.78 is 0. The lowest BCUT2D eigenvalue weighted by Crippen LogP contribution is -2.47. The zero-order chi connectivity index (χ0) is 11.5. The second-order valence-corrected chi connectivity index (χ2v) is 5.13. The standard InChI is InChI=1S/C12H22N2O2/c1-9-8-10(2-5-13-9)12(16)14-6-3-11(15)4-7-14/h9-11,13,15H,2-8H2,1H3. The quantitative estimate of drug-likeness (QED) is 0.678. The average Bonchev–Trinajstić information content (AvgIpc) is 2.29. The van der Waals surface area contributed by atoms with Crippen molar-refractivity contribution in [3.63, 3.8) is 0 Å². The van der Waals surface area contributed by atoms with Gasteiger partial charge in [-0.2, -0.15) is 0 Å². The molecule has 0 aliphatic carbocycles. The van der Waals surface area contributed by atoms with Crippen molar-refractivity contribution in [2.24, 2.45) is 5.92 Å². The highest BCUT2D eigenvalue weighted by Gasteiger charge is 2.30. The zero-order valence-electron chi connectivity index (χ0n) is 9.98. The van der Waals surface area contributed by atoms with Crippen molar-refractivity contribution < 1.29 is 9.90 Å². The van der Waals surface area contributed by atoms with Crippen LogP contribution in [0.3, 0.4) is 0 Å². The van der Waals surface area contributed by atoms with Crippen LogP contribution >= 0.6 is 0 Å². The largest absolute Gasteiger partial charge is 0.393 e. The van der Waals surface area contributed by atoms with Gasteiger partial charge in [-0.05, 0) is 39.2 Å². The normalized spacial score (nSPS) is 32.8. The molecule has 2 rings (SSSR count). The van der Waals surface area contributed by atoms with E-state index in [1.165, 1.54) is 0 Å². The summed E-state index contributed by atoms with van der Waals surface area (Å²) >= 11 is 0. The van der Waals surface area contributed by atoms with Gasteiger partial charge < -0.3 is 15.3 Å². The Morgan fingerprint density at radius 3 is 2.62 bits per heavy atom. The number of likely N-dealkylation sites (tertiary alicyclic amines) is 1. The molecule has 4 nitrogen and oxygen atoms in total. The number of aliphatic hydroxyl groups is 1. The molecule has 0 radical (unpaired) electrons. The van der Waals surface area contributed by atoms with E-state index in [1.54, 1.807) is 0 Å². The molecular weight excluding hydrogens is 204 g/mol. The molecule has 2 N–H and O–H groups in total. The van der Waals surface area contributed by atoms with E-state index in [9.17, 15) is 9.90 Å². The third-order valence-electron chi connectivity index (χ3n) is 3.75. The molecule has 2 aliphatic heterocycles. The van der Waals surface area contributed by atoms with Crippen LogP contribution in [0.1, 0.15) is 32.6 Å². The van der Waals surface area contributed by atoms with Gasteiger partial charge in [-0.25, -0.2) is 0 Å². The van der Waals surface area contributed by atoms with E-state index in [2.05, 4.69) is 12.2 Å². The topological polar surface area (TPSA) is 52.6 Å². The molecule has 2 atom stereocenters. The first kappa shape index (κ1) is 11.9. The fourth-order valence-electron chi connectivity index (χ4n) is 2.70. The monoisotopic (exact) mass is 226 g/mol. The first-order valence-electron chi connectivity index (χ1n) is 6.37. The molecule has 2 saturated heterocycles. The van der Waals surface area contributed by atoms with Gasteiger partial charge >= 0.3 is 0 Å². The SMILES string of the molecule is CC1CC(C(=O)N2CCC(O)CC2)CCN1. The van der Waals surface area contributed by atoms with Crippen molar-refractivity contribution in [3.05, 3.63) is 0 Å². The number of aliphatic hydroxyl groups excluding tert-OH is 1. The Balaban J connectivity index is 1.86. The predicted octanol–water partition coefficient (Wildman–Crippen LogP) is 0.358. The van der Waals surface area contributed by atoms with E-state index in [0.29, 0.717) is 11.9 Å². The zero-order valence-corrected chi connectivity index (χ0v) is 9.98. The third-order valence-corrected chi connectivity index (χ3v) is 3.75. The molecule has 1 amide bonds. The summed E-state index contributed by atoms with van der Waals surface area (Å²) in [6.45, 7) is 4.56. The van der Waals surface area contributed by atoms with Crippen molar-refractivity contribution in [2.75, 3.05) is 19.6 Å². The van der Waals surface area contributed by atoms with E-state index in [-0.39, 0.29) is 12.0 Å². The van der Waals surface area contributed by atoms with Crippen LogP contribution in [0.5, 0.6) is 0 Å². The Kier molecular flexibility index (Phi) is 3.82. The van der Waals surface area contributed by atoms with Gasteiger partial charge in [-0.15, -0.1) is 0 Å². The molecular formula is C12H22N2O2. The van der Waals surface area contributed by atoms with Crippen molar-refractivity contribution in [3.8, 4) is 0 Å². The van der Waals surface area contributed by atoms with E-state index in [1.807, 2.05) is 4.90 Å². The second-order valence-electron chi connectivity index (χ2n) is 5.13. The van der Waals surface area contributed by atoms with Crippen molar-refractivity contribution in [1.82, 2.24) is 10.2 Å². The number of carbonyl (C=O) groups is 1. The van der Waals surface area contributed by atoms with Crippen LogP contribution in [0.4, 0.5) is 0 Å². The number of piperidine rings is 2. The maximum Gasteiger partial charge on any atom is 0.225 e. The number of amides is 1. The van der Waals surface area contributed by atoms with Gasteiger partial charge in [0, 0.05) is 25.0 Å². The molecule has 0 aromatic carbocycles. The van der Waals surface area contributed by atoms with E-state index >= 15 is 0 Å². The first-order valence-corrected chi connectivity index (χ1v) is 6.37. The molecule has 0 aromatic rings. The van der Waals surface area contributed by atoms with Crippen LogP contribution in [0.2, 0.25) is 0 Å². The highest BCUT2D eigenvalue weighted by atomic mass is 16.3. The van der Waals surface area contributed by atoms with Crippen LogP contribution in [0.25, 0.3) is 0 Å². The van der Waals surface area contributed by atoms with Crippen molar-refractivity contribution in [1.29, 1.82) is 0 Å². The molecule has 2 heterocycles. The third kappa shape index (κ3) is 2.74. The minimum atomic E-state index is -0.198. The van der Waals surface area contributed by atoms with Crippen LogP contribution in [0, 0.1) is 5.92 Å². The lowest BCUT2D eigenvalue weighted by atomic mass is 9.91. The van der Waals surface area contributed by atoms with Gasteiger partial charge in [0.05, 0.1) is 6.10 Å². The van der Waals surface area contributed by atoms with Crippen LogP contribution in [0.15, 0.2) is 0 Å². The lowest BCUT2D eigenvalue weighted by molar-refractivity contribution is -0.138. The summed E-state index contributed by atoms with van der Waals surface area (Å²) in [6.07, 6.45) is 3.20. The Bertz CT molecular complexity index is 249. The maximum absolute atomic E-state index is 12.2. The predicted molar refractivity (Wildman–Crippen MR) is 62.0 cm³/mol. The molecule has 92 valence electrons. The number of nitrogens with one attached hydrogen (secondary N) is 1. The first-order chi connectivity index (χ1) is 7.66. The van der Waals surface area contributed by atoms with Crippen LogP contribution < -0.4 is 5.32 Å². The summed E-state index contributed by atoms with van der Waals surface area (Å²) in [4.78, 5) is 14.2. The van der Waals surface area contributed by atoms with Crippen LogP contribution in [-0.4, -0.2) is 47.7 Å². The van der Waals surface area contributed by atoms with E-state index in [4.69, 9.17) is 0 Å². The van der Waals surface area contributed by atoms with E-state index in [0.717, 1.165) is 45.3 Å². The van der Waals surface area contributed by atoms with Gasteiger partial charge in [0.25, 0.3) is 0 Å². The molecule has 0 aromatic heterocycles. The number of nitrogens with zero attached hydrogens (tertiary/aromatic N) is 1. The van der Waals surface area contributed by atoms with Crippen molar-refractivity contribution >= 4 is 5.91 Å². The number of hydrogen-bond donors (Lipinski definition) is 2. The Morgan fingerprint density at radius 1 is 1.31 bits per heavy atom. The minimum absolute atomic E-state index is 0.198. The second kappa shape index (κ2) is 5.15. The molecule has 0 bridgehead atoms. The smallest absolute Gasteiger partial charge is 0.225 e. The fraction of sp³-hybridized carbons (Fsp3) is 0.917. The Hall–Kier alpha value is -0.610. The molecule has 2 unspecified atom stereocenters. The van der Waals surface area contributed by atoms with E-state index < -0.39 is 0 Å². The fourth-order valence-corrected chi connectivity index (χ4v) is 2.70. The minimum Gasteiger partial charge on any atom is -0.393 e. The molecule has 0 spiro atoms.